The summed E-state index contributed by atoms with van der Waals surface area (Å²) in [4.78, 5) is 77.2. The molecule has 1 heterocycles. The first-order valence-electron chi connectivity index (χ1n) is 16.0. The van der Waals surface area contributed by atoms with Crippen LogP contribution in [0.25, 0.3) is 0 Å². The number of rotatable bonds is 16. The lowest BCUT2D eigenvalue weighted by atomic mass is 9.96. The van der Waals surface area contributed by atoms with Crippen molar-refractivity contribution in [2.24, 2.45) is 17.3 Å². The van der Waals surface area contributed by atoms with Crippen molar-refractivity contribution >= 4 is 35.8 Å². The minimum absolute atomic E-state index is 0.0430. The van der Waals surface area contributed by atoms with E-state index in [0.29, 0.717) is 13.0 Å². The molecule has 2 rings (SSSR count). The summed E-state index contributed by atoms with van der Waals surface area (Å²) in [5, 5.41) is 10.8. The fraction of sp³-hybridized carbons (Fsp3) is 0.588. The van der Waals surface area contributed by atoms with Gasteiger partial charge in [-0.05, 0) is 65.4 Å². The van der Waals surface area contributed by atoms with E-state index in [2.05, 4.69) is 21.3 Å². The molecule has 0 aromatic heterocycles. The Morgan fingerprint density at radius 1 is 0.979 bits per heavy atom. The first-order chi connectivity index (χ1) is 22.1. The zero-order chi connectivity index (χ0) is 35.1. The maximum absolute atomic E-state index is 13.7. The Hall–Kier alpha value is -4.42. The molecule has 0 spiro atoms. The molecule has 1 aromatic carbocycles. The number of benzene rings is 1. The highest BCUT2D eigenvalue weighted by Gasteiger charge is 2.36. The van der Waals surface area contributed by atoms with Crippen molar-refractivity contribution in [1.82, 2.24) is 21.3 Å². The van der Waals surface area contributed by atoms with Gasteiger partial charge in [0.2, 0.25) is 17.7 Å². The monoisotopic (exact) mass is 658 g/mol. The van der Waals surface area contributed by atoms with Gasteiger partial charge in [-0.1, -0.05) is 50.3 Å². The molecule has 0 saturated carbocycles. The van der Waals surface area contributed by atoms with Crippen LogP contribution in [0.3, 0.4) is 0 Å². The van der Waals surface area contributed by atoms with Gasteiger partial charge in [0.1, 0.15) is 24.8 Å². The molecule has 1 aliphatic rings. The number of carbonyl (C=O) groups excluding carboxylic acids is 6. The van der Waals surface area contributed by atoms with Gasteiger partial charge in [0.25, 0.3) is 0 Å². The third kappa shape index (κ3) is 13.8. The lowest BCUT2D eigenvalue weighted by Crippen LogP contribution is -2.58. The molecular weight excluding hydrogens is 608 g/mol. The Bertz CT molecular complexity index is 1260. The lowest BCUT2D eigenvalue weighted by molar-refractivity contribution is -0.160. The van der Waals surface area contributed by atoms with Crippen molar-refractivity contribution < 1.29 is 43.0 Å². The topological polar surface area (TPSA) is 178 Å². The van der Waals surface area contributed by atoms with Gasteiger partial charge >= 0.3 is 18.0 Å². The number of alkyl carbamates (subject to hydrolysis) is 1. The first-order valence-corrected chi connectivity index (χ1v) is 16.0. The Kier molecular flexibility index (Phi) is 15.4. The van der Waals surface area contributed by atoms with Gasteiger partial charge in [0, 0.05) is 24.6 Å². The molecule has 1 unspecified atom stereocenters. The van der Waals surface area contributed by atoms with Crippen LogP contribution in [-0.4, -0.2) is 73.1 Å². The number of carbonyl (C=O) groups is 6. The third-order valence-corrected chi connectivity index (χ3v) is 7.26. The zero-order valence-electron chi connectivity index (χ0n) is 28.4. The molecule has 4 amide bonds. The van der Waals surface area contributed by atoms with Crippen molar-refractivity contribution in [2.75, 3.05) is 13.2 Å². The Balaban J connectivity index is 2.27. The minimum atomic E-state index is -1.41. The summed E-state index contributed by atoms with van der Waals surface area (Å²) >= 11 is 0. The van der Waals surface area contributed by atoms with Gasteiger partial charge in [-0.2, -0.15) is 0 Å². The predicted octanol–water partition coefficient (Wildman–Crippen LogP) is 2.92. The molecule has 0 bridgehead atoms. The predicted molar refractivity (Wildman–Crippen MR) is 173 cm³/mol. The molecule has 5 atom stereocenters. The van der Waals surface area contributed by atoms with Gasteiger partial charge in [-0.3, -0.25) is 19.2 Å². The highest BCUT2D eigenvalue weighted by atomic mass is 16.6. The van der Waals surface area contributed by atoms with Crippen molar-refractivity contribution in [3.63, 3.8) is 0 Å². The molecule has 1 aromatic rings. The molecule has 0 aliphatic carbocycles. The summed E-state index contributed by atoms with van der Waals surface area (Å²) < 4.78 is 15.8. The van der Waals surface area contributed by atoms with E-state index in [1.54, 1.807) is 52.0 Å². The van der Waals surface area contributed by atoms with Gasteiger partial charge in [-0.15, -0.1) is 0 Å². The van der Waals surface area contributed by atoms with Crippen LogP contribution in [0.5, 0.6) is 0 Å². The van der Waals surface area contributed by atoms with Gasteiger partial charge in [0.05, 0.1) is 12.0 Å². The van der Waals surface area contributed by atoms with E-state index in [4.69, 9.17) is 14.2 Å². The van der Waals surface area contributed by atoms with Gasteiger partial charge < -0.3 is 35.5 Å². The number of hydrogen-bond donors (Lipinski definition) is 4. The van der Waals surface area contributed by atoms with Crippen LogP contribution in [0.2, 0.25) is 0 Å². The number of nitrogens with one attached hydrogen (secondary N) is 4. The smallest absolute Gasteiger partial charge is 0.408 e. The van der Waals surface area contributed by atoms with E-state index < -0.39 is 59.5 Å². The lowest BCUT2D eigenvalue weighted by Gasteiger charge is -2.29. The Morgan fingerprint density at radius 3 is 2.23 bits per heavy atom. The zero-order valence-corrected chi connectivity index (χ0v) is 28.4. The van der Waals surface area contributed by atoms with Crippen LogP contribution in [0.15, 0.2) is 42.5 Å². The van der Waals surface area contributed by atoms with Crippen molar-refractivity contribution in [3.8, 4) is 0 Å². The van der Waals surface area contributed by atoms with E-state index in [-0.39, 0.29) is 43.8 Å². The Labute approximate surface area is 276 Å². The number of hydrogen-bond acceptors (Lipinski definition) is 9. The summed E-state index contributed by atoms with van der Waals surface area (Å²) in [6.45, 7) is 12.5. The SMILES string of the molecule is CCOC(=O)/C=C/[C@H](C[C@@H]1CCNC1=O)NC(=O)[C@H](CC(C)C)NC(=O)[C@@H](NC(=O)OCc1ccccc1)C(C)OC(=O)C(C)(C)C. The van der Waals surface area contributed by atoms with Crippen LogP contribution in [0.4, 0.5) is 4.79 Å². The largest absolute Gasteiger partial charge is 0.463 e. The van der Waals surface area contributed by atoms with Crippen LogP contribution in [0.1, 0.15) is 73.3 Å². The number of esters is 2. The standard InChI is InChI=1S/C34H50N4O9/c1-8-45-27(39)15-14-25(19-24-16-17-35-29(24)40)36-30(41)26(18-21(2)3)37-31(42)28(22(4)47-32(43)34(5,6)7)38-33(44)46-20-23-12-10-9-11-13-23/h9-15,21-22,24-26,28H,8,16-20H2,1-7H3,(H,35,40)(H,36,41)(H,37,42)(H,38,44)/b15-14+/t22?,24-,25+,26-,28-/m0/s1. The normalized spacial score (nSPS) is 17.2. The molecule has 0 radical (unpaired) electrons. The fourth-order valence-electron chi connectivity index (χ4n) is 4.70. The minimum Gasteiger partial charge on any atom is -0.463 e. The number of amides is 4. The summed E-state index contributed by atoms with van der Waals surface area (Å²) in [7, 11) is 0. The highest BCUT2D eigenvalue weighted by molar-refractivity contribution is 5.92. The summed E-state index contributed by atoms with van der Waals surface area (Å²) in [6, 6.07) is 5.75. The maximum Gasteiger partial charge on any atom is 0.408 e. The molecular formula is C34H50N4O9. The second-order valence-corrected chi connectivity index (χ2v) is 13.0. The van der Waals surface area contributed by atoms with E-state index in [1.165, 1.54) is 19.1 Å². The molecule has 1 aliphatic heterocycles. The molecule has 4 N–H and O–H groups in total. The second-order valence-electron chi connectivity index (χ2n) is 13.0. The van der Waals surface area contributed by atoms with E-state index >= 15 is 0 Å². The molecule has 260 valence electrons. The third-order valence-electron chi connectivity index (χ3n) is 7.26. The fourth-order valence-corrected chi connectivity index (χ4v) is 4.70. The molecule has 13 heteroatoms. The molecule has 1 fully saturated rings. The van der Waals surface area contributed by atoms with Crippen LogP contribution in [-0.2, 0) is 44.8 Å². The average molecular weight is 659 g/mol. The second kappa shape index (κ2) is 18.7. The van der Waals surface area contributed by atoms with Crippen LogP contribution < -0.4 is 21.3 Å². The Morgan fingerprint density at radius 2 is 1.66 bits per heavy atom. The van der Waals surface area contributed by atoms with Gasteiger partial charge in [-0.25, -0.2) is 9.59 Å². The van der Waals surface area contributed by atoms with Crippen molar-refractivity contribution in [3.05, 3.63) is 48.0 Å². The summed E-state index contributed by atoms with van der Waals surface area (Å²) in [6.07, 6.45) is 1.64. The van der Waals surface area contributed by atoms with Crippen molar-refractivity contribution in [1.29, 1.82) is 0 Å². The van der Waals surface area contributed by atoms with E-state index in [1.807, 2.05) is 19.9 Å². The van der Waals surface area contributed by atoms with Crippen LogP contribution >= 0.6 is 0 Å². The van der Waals surface area contributed by atoms with Crippen molar-refractivity contribution in [2.45, 2.75) is 98.6 Å². The molecule has 13 nitrogen and oxygen atoms in total. The van der Waals surface area contributed by atoms with Crippen LogP contribution in [0, 0.1) is 17.3 Å². The number of ether oxygens (including phenoxy) is 3. The average Bonchev–Trinajstić information content (AvgIpc) is 3.40. The van der Waals surface area contributed by atoms with E-state index in [0.717, 1.165) is 5.56 Å². The molecule has 47 heavy (non-hydrogen) atoms. The quantitative estimate of drug-likeness (QED) is 0.118. The summed E-state index contributed by atoms with van der Waals surface area (Å²) in [5.41, 5.74) is -0.156. The maximum atomic E-state index is 13.7. The molecule has 1 saturated heterocycles. The first kappa shape index (κ1) is 38.8. The van der Waals surface area contributed by atoms with E-state index in [9.17, 15) is 28.8 Å². The van der Waals surface area contributed by atoms with Gasteiger partial charge in [0.15, 0.2) is 0 Å². The summed E-state index contributed by atoms with van der Waals surface area (Å²) in [5.74, 6) is -3.09. The highest BCUT2D eigenvalue weighted by Crippen LogP contribution is 2.19.